The van der Waals surface area contributed by atoms with Crippen molar-refractivity contribution in [2.24, 2.45) is 5.92 Å². The van der Waals surface area contributed by atoms with E-state index in [1.54, 1.807) is 36.5 Å². The molecule has 0 atom stereocenters. The fourth-order valence-corrected chi connectivity index (χ4v) is 4.63. The van der Waals surface area contributed by atoms with Crippen LogP contribution in [0, 0.1) is 5.92 Å². The number of rotatable bonds is 9. The predicted octanol–water partition coefficient (Wildman–Crippen LogP) is 4.72. The molecule has 0 amide bonds. The van der Waals surface area contributed by atoms with Crippen molar-refractivity contribution in [3.8, 4) is 17.4 Å². The van der Waals surface area contributed by atoms with Gasteiger partial charge in [-0.2, -0.15) is 0 Å². The zero-order valence-electron chi connectivity index (χ0n) is 22.2. The number of aromatic nitrogens is 3. The van der Waals surface area contributed by atoms with E-state index in [9.17, 15) is 9.59 Å². The number of hydrogen-bond acceptors (Lipinski definition) is 6. The van der Waals surface area contributed by atoms with Gasteiger partial charge in [-0.15, -0.1) is 0 Å². The van der Waals surface area contributed by atoms with Gasteiger partial charge in [-0.1, -0.05) is 32.0 Å². The normalized spacial score (nSPS) is 11.2. The molecule has 4 rings (SSSR count). The number of methoxy groups -OCH3 is 3. The standard InChI is InChI=1S/C29H33N3O5/c1-18(2)13-24-29(34)32(16-20-11-12-22(35-4)15-27(20)36-5)26(28(30-24)37-6)14-21-17-31(19(3)33)25-10-8-7-9-23(21)25/h7-12,15,17-18H,13-14,16H2,1-6H3. The van der Waals surface area contributed by atoms with Crippen LogP contribution in [0.2, 0.25) is 0 Å². The number of nitrogens with zero attached hydrogens (tertiary/aromatic N) is 3. The minimum atomic E-state index is -0.169. The summed E-state index contributed by atoms with van der Waals surface area (Å²) in [5, 5.41) is 0.937. The molecule has 8 heteroatoms. The van der Waals surface area contributed by atoms with Crippen LogP contribution in [0.5, 0.6) is 17.4 Å². The minimum Gasteiger partial charge on any atom is -0.497 e. The largest absolute Gasteiger partial charge is 0.497 e. The summed E-state index contributed by atoms with van der Waals surface area (Å²) in [5.41, 5.74) is 3.45. The summed E-state index contributed by atoms with van der Waals surface area (Å²) in [4.78, 5) is 30.8. The highest BCUT2D eigenvalue weighted by Gasteiger charge is 2.22. The lowest BCUT2D eigenvalue weighted by Gasteiger charge is -2.19. The van der Waals surface area contributed by atoms with Gasteiger partial charge in [0.1, 0.15) is 17.2 Å². The zero-order chi connectivity index (χ0) is 26.7. The molecular formula is C29H33N3O5. The van der Waals surface area contributed by atoms with Gasteiger partial charge in [-0.25, -0.2) is 4.98 Å². The van der Waals surface area contributed by atoms with E-state index < -0.39 is 0 Å². The van der Waals surface area contributed by atoms with Crippen molar-refractivity contribution >= 4 is 16.8 Å². The Morgan fingerprint density at radius 1 is 1.00 bits per heavy atom. The molecule has 2 aromatic carbocycles. The SMILES string of the molecule is COc1ccc(Cn2c(Cc3cn(C(C)=O)c4ccccc34)c(OC)nc(CC(C)C)c2=O)c(OC)c1. The van der Waals surface area contributed by atoms with Crippen LogP contribution in [0.4, 0.5) is 0 Å². The van der Waals surface area contributed by atoms with Crippen LogP contribution in [-0.4, -0.2) is 41.4 Å². The second-order valence-corrected chi connectivity index (χ2v) is 9.42. The van der Waals surface area contributed by atoms with E-state index >= 15 is 0 Å². The van der Waals surface area contributed by atoms with Gasteiger partial charge >= 0.3 is 0 Å². The number of fused-ring (bicyclic) bond motifs is 1. The number of carbonyl (C=O) groups is 1. The first-order valence-corrected chi connectivity index (χ1v) is 12.2. The van der Waals surface area contributed by atoms with Crippen LogP contribution in [-0.2, 0) is 19.4 Å². The number of carbonyl (C=O) groups excluding carboxylic acids is 1. The summed E-state index contributed by atoms with van der Waals surface area (Å²) in [6.45, 7) is 5.89. The minimum absolute atomic E-state index is 0.0832. The van der Waals surface area contributed by atoms with Crippen molar-refractivity contribution in [3.05, 3.63) is 81.5 Å². The average Bonchev–Trinajstić information content (AvgIpc) is 3.26. The molecule has 4 aromatic rings. The number of benzene rings is 2. The third-order valence-electron chi connectivity index (χ3n) is 6.41. The highest BCUT2D eigenvalue weighted by Crippen LogP contribution is 2.29. The summed E-state index contributed by atoms with van der Waals surface area (Å²) >= 11 is 0. The highest BCUT2D eigenvalue weighted by molar-refractivity contribution is 5.93. The Bertz CT molecular complexity index is 1500. The van der Waals surface area contributed by atoms with Gasteiger partial charge in [0.25, 0.3) is 5.56 Å². The van der Waals surface area contributed by atoms with Crippen LogP contribution in [0.25, 0.3) is 10.9 Å². The predicted molar refractivity (Wildman–Crippen MR) is 143 cm³/mol. The van der Waals surface area contributed by atoms with E-state index in [4.69, 9.17) is 14.2 Å². The van der Waals surface area contributed by atoms with Crippen molar-refractivity contribution < 1.29 is 19.0 Å². The Morgan fingerprint density at radius 3 is 2.41 bits per heavy atom. The number of ether oxygens (including phenoxy) is 3. The Hall–Kier alpha value is -4.07. The summed E-state index contributed by atoms with van der Waals surface area (Å²) in [7, 11) is 4.75. The number of para-hydroxylation sites is 1. The fourth-order valence-electron chi connectivity index (χ4n) is 4.63. The fraction of sp³-hybridized carbons (Fsp3) is 0.345. The summed E-state index contributed by atoms with van der Waals surface area (Å²) in [6, 6.07) is 13.3. The van der Waals surface area contributed by atoms with Gasteiger partial charge in [0.05, 0.1) is 39.1 Å². The van der Waals surface area contributed by atoms with Crippen molar-refractivity contribution in [1.82, 2.24) is 14.1 Å². The lowest BCUT2D eigenvalue weighted by atomic mass is 10.1. The molecule has 0 spiro atoms. The molecule has 0 unspecified atom stereocenters. The molecule has 0 aliphatic carbocycles. The lowest BCUT2D eigenvalue weighted by molar-refractivity contribution is 0.0941. The molecule has 2 aromatic heterocycles. The van der Waals surface area contributed by atoms with Crippen LogP contribution in [0.15, 0.2) is 53.5 Å². The monoisotopic (exact) mass is 503 g/mol. The smallest absolute Gasteiger partial charge is 0.273 e. The third kappa shape index (κ3) is 5.23. The van der Waals surface area contributed by atoms with Gasteiger partial charge in [-0.05, 0) is 36.1 Å². The van der Waals surface area contributed by atoms with Crippen LogP contribution in [0.3, 0.4) is 0 Å². The molecular weight excluding hydrogens is 470 g/mol. The van der Waals surface area contributed by atoms with Gasteiger partial charge in [0.15, 0.2) is 0 Å². The maximum atomic E-state index is 13.8. The molecule has 0 fully saturated rings. The van der Waals surface area contributed by atoms with Crippen LogP contribution < -0.4 is 19.8 Å². The van der Waals surface area contributed by atoms with Gasteiger partial charge in [0, 0.05) is 36.6 Å². The third-order valence-corrected chi connectivity index (χ3v) is 6.41. The Kier molecular flexibility index (Phi) is 7.66. The van der Waals surface area contributed by atoms with E-state index in [2.05, 4.69) is 18.8 Å². The molecule has 0 bridgehead atoms. The maximum absolute atomic E-state index is 13.8. The van der Waals surface area contributed by atoms with Crippen LogP contribution in [0.1, 0.15) is 48.1 Å². The van der Waals surface area contributed by atoms with Crippen molar-refractivity contribution in [1.29, 1.82) is 0 Å². The molecule has 0 saturated heterocycles. The zero-order valence-corrected chi connectivity index (χ0v) is 22.2. The van der Waals surface area contributed by atoms with E-state index in [0.29, 0.717) is 41.6 Å². The van der Waals surface area contributed by atoms with Gasteiger partial charge < -0.3 is 18.8 Å². The Morgan fingerprint density at radius 2 is 1.76 bits per heavy atom. The Labute approximate surface area is 216 Å². The second kappa shape index (κ2) is 10.9. The van der Waals surface area contributed by atoms with Crippen molar-refractivity contribution in [2.75, 3.05) is 21.3 Å². The molecule has 37 heavy (non-hydrogen) atoms. The summed E-state index contributed by atoms with van der Waals surface area (Å²) in [5.74, 6) is 1.83. The van der Waals surface area contributed by atoms with Crippen molar-refractivity contribution in [2.45, 2.75) is 40.2 Å². The molecule has 8 nitrogen and oxygen atoms in total. The van der Waals surface area contributed by atoms with E-state index in [1.807, 2.05) is 42.6 Å². The molecule has 0 saturated carbocycles. The summed E-state index contributed by atoms with van der Waals surface area (Å²) in [6.07, 6.45) is 2.71. The molecule has 194 valence electrons. The molecule has 0 aliphatic heterocycles. The maximum Gasteiger partial charge on any atom is 0.273 e. The van der Waals surface area contributed by atoms with Crippen molar-refractivity contribution in [3.63, 3.8) is 0 Å². The quantitative estimate of drug-likeness (QED) is 0.329. The number of hydrogen-bond donors (Lipinski definition) is 0. The van der Waals surface area contributed by atoms with Gasteiger partial charge in [0.2, 0.25) is 11.8 Å². The topological polar surface area (TPSA) is 84.6 Å². The first kappa shape index (κ1) is 26.0. The van der Waals surface area contributed by atoms with E-state index in [1.165, 1.54) is 6.92 Å². The molecule has 0 radical (unpaired) electrons. The lowest BCUT2D eigenvalue weighted by Crippen LogP contribution is -2.30. The first-order valence-electron chi connectivity index (χ1n) is 12.2. The van der Waals surface area contributed by atoms with Gasteiger partial charge in [-0.3, -0.25) is 14.2 Å². The molecule has 2 heterocycles. The summed E-state index contributed by atoms with van der Waals surface area (Å²) < 4.78 is 20.0. The molecule has 0 N–H and O–H groups in total. The van der Waals surface area contributed by atoms with E-state index in [0.717, 1.165) is 22.0 Å². The highest BCUT2D eigenvalue weighted by atomic mass is 16.5. The first-order chi connectivity index (χ1) is 17.8. The molecule has 0 aliphatic rings. The average molecular weight is 504 g/mol. The Balaban J connectivity index is 1.92. The van der Waals surface area contributed by atoms with Crippen LogP contribution >= 0.6 is 0 Å². The second-order valence-electron chi connectivity index (χ2n) is 9.42. The van der Waals surface area contributed by atoms with E-state index in [-0.39, 0.29) is 23.9 Å².